The Kier molecular flexibility index (Phi) is 11.5. The van der Waals surface area contributed by atoms with Crippen molar-refractivity contribution < 1.29 is 24.0 Å². The summed E-state index contributed by atoms with van der Waals surface area (Å²) in [6.45, 7) is 1.90. The lowest BCUT2D eigenvalue weighted by molar-refractivity contribution is -0.402. The molecule has 1 unspecified atom stereocenters. The van der Waals surface area contributed by atoms with Crippen LogP contribution in [-0.4, -0.2) is 28.2 Å². The molecule has 0 radical (unpaired) electrons. The topological polar surface area (TPSA) is 187 Å². The molecule has 2 aromatic rings. The molecule has 1 heterocycles. The lowest BCUT2D eigenvalue weighted by atomic mass is 9.97. The van der Waals surface area contributed by atoms with E-state index in [2.05, 4.69) is 77.3 Å². The SMILES string of the molecule is CCC(Cc1c(I)cc(I)c(N)c1I)C(=O)O.NC(=O)N/N=C/c1ccc([N+](=O)[O-])o1. The largest absolute Gasteiger partial charge is 0.481 e. The summed E-state index contributed by atoms with van der Waals surface area (Å²) in [6.07, 6.45) is 2.27. The number of nitrogens with two attached hydrogens (primary N) is 2. The molecule has 0 saturated carbocycles. The first-order valence-corrected chi connectivity index (χ1v) is 11.7. The lowest BCUT2D eigenvalue weighted by Crippen LogP contribution is -2.24. The number of hydrogen-bond acceptors (Lipinski definition) is 7. The number of carbonyl (C=O) groups excluding carboxylic acids is 1. The molecule has 11 nitrogen and oxygen atoms in total. The Bertz CT molecular complexity index is 995. The fraction of sp³-hybridized carbons (Fsp3) is 0.235. The molecule has 0 aliphatic heterocycles. The molecule has 6 N–H and O–H groups in total. The third-order valence-electron chi connectivity index (χ3n) is 3.75. The second kappa shape index (κ2) is 13.0. The van der Waals surface area contributed by atoms with Crippen LogP contribution in [0, 0.1) is 26.7 Å². The Hall–Kier alpha value is -1.70. The van der Waals surface area contributed by atoms with Crippen LogP contribution in [0.25, 0.3) is 0 Å². The van der Waals surface area contributed by atoms with Gasteiger partial charge in [0.25, 0.3) is 0 Å². The monoisotopic (exact) mass is 769 g/mol. The molecule has 0 bridgehead atoms. The van der Waals surface area contributed by atoms with Crippen molar-refractivity contribution in [3.05, 3.63) is 50.3 Å². The van der Waals surface area contributed by atoms with Gasteiger partial charge in [0.15, 0.2) is 5.76 Å². The molecular weight excluding hydrogens is 751 g/mol. The summed E-state index contributed by atoms with van der Waals surface area (Å²) in [5, 5.41) is 22.6. The summed E-state index contributed by atoms with van der Waals surface area (Å²) in [5.41, 5.74) is 14.4. The molecule has 0 aliphatic carbocycles. The van der Waals surface area contributed by atoms with Gasteiger partial charge in [-0.25, -0.2) is 10.2 Å². The maximum absolute atomic E-state index is 11.1. The molecule has 168 valence electrons. The number of benzene rings is 1. The Labute approximate surface area is 217 Å². The predicted octanol–water partition coefficient (Wildman–Crippen LogP) is 3.93. The number of carbonyl (C=O) groups is 2. The minimum atomic E-state index is -0.831. The summed E-state index contributed by atoms with van der Waals surface area (Å²) >= 11 is 6.64. The third-order valence-corrected chi connectivity index (χ3v) is 6.84. The van der Waals surface area contributed by atoms with Crippen molar-refractivity contribution in [2.24, 2.45) is 16.8 Å². The highest BCUT2D eigenvalue weighted by molar-refractivity contribution is 14.1. The number of anilines is 1. The lowest BCUT2D eigenvalue weighted by Gasteiger charge is -2.15. The minimum Gasteiger partial charge on any atom is -0.481 e. The minimum absolute atomic E-state index is 0.144. The summed E-state index contributed by atoms with van der Waals surface area (Å²) in [5.74, 6) is -1.33. The van der Waals surface area contributed by atoms with Gasteiger partial charge in [0.05, 0.1) is 23.9 Å². The average molecular weight is 769 g/mol. The molecule has 2 rings (SSSR count). The Morgan fingerprint density at radius 1 is 1.35 bits per heavy atom. The number of furan rings is 1. The number of halogens is 3. The van der Waals surface area contributed by atoms with Gasteiger partial charge in [-0.05, 0) is 98.3 Å². The van der Waals surface area contributed by atoms with Gasteiger partial charge in [0, 0.05) is 10.7 Å². The van der Waals surface area contributed by atoms with E-state index in [1.807, 2.05) is 18.4 Å². The number of carboxylic acid groups (broad SMARTS) is 1. The van der Waals surface area contributed by atoms with Crippen molar-refractivity contribution in [2.75, 3.05) is 5.73 Å². The highest BCUT2D eigenvalue weighted by Gasteiger charge is 2.20. The van der Waals surface area contributed by atoms with E-state index in [1.54, 1.807) is 0 Å². The molecule has 0 spiro atoms. The second-order valence-corrected chi connectivity index (χ2v) is 9.26. The number of nitrogens with zero attached hydrogens (tertiary/aromatic N) is 2. The quantitative estimate of drug-likeness (QED) is 0.108. The normalized spacial score (nSPS) is 11.5. The van der Waals surface area contributed by atoms with E-state index in [0.29, 0.717) is 12.8 Å². The summed E-state index contributed by atoms with van der Waals surface area (Å²) in [6, 6.07) is 3.68. The first kappa shape index (κ1) is 27.3. The van der Waals surface area contributed by atoms with E-state index >= 15 is 0 Å². The molecule has 2 amide bonds. The Balaban J connectivity index is 0.000000316. The van der Waals surface area contributed by atoms with Gasteiger partial charge in [0.2, 0.25) is 0 Å². The number of nitrogens with one attached hydrogen (secondary N) is 1. The molecule has 0 fully saturated rings. The highest BCUT2D eigenvalue weighted by Crippen LogP contribution is 2.31. The molecule has 0 aliphatic rings. The predicted molar refractivity (Wildman–Crippen MR) is 140 cm³/mol. The maximum Gasteiger partial charge on any atom is 0.433 e. The standard InChI is InChI=1S/C11H12I3NO2.C6H6N4O4/c1-2-5(11(16)17)3-6-7(12)4-8(13)10(15)9(6)14;7-6(11)9-8-3-4-1-2-5(14-4)10(12)13/h4-5H,2-3,15H2,1H3,(H,16,17);1-3H,(H3,7,9,11)/b;8-3+. The van der Waals surface area contributed by atoms with Gasteiger partial charge in [-0.15, -0.1) is 0 Å². The molecule has 1 aromatic heterocycles. The van der Waals surface area contributed by atoms with Gasteiger partial charge < -0.3 is 21.0 Å². The average Bonchev–Trinajstić information content (AvgIpc) is 3.15. The van der Waals surface area contributed by atoms with Crippen LogP contribution in [0.1, 0.15) is 24.7 Å². The number of nitrogen functional groups attached to an aromatic ring is 1. The van der Waals surface area contributed by atoms with Gasteiger partial charge in [0.1, 0.15) is 4.92 Å². The van der Waals surface area contributed by atoms with Crippen molar-refractivity contribution >= 4 is 97.6 Å². The number of hydrogen-bond donors (Lipinski definition) is 4. The zero-order valence-electron chi connectivity index (χ0n) is 16.0. The van der Waals surface area contributed by atoms with Crippen molar-refractivity contribution in [3.8, 4) is 0 Å². The number of urea groups is 1. The first-order chi connectivity index (χ1) is 14.5. The van der Waals surface area contributed by atoms with Crippen LogP contribution < -0.4 is 16.9 Å². The number of hydrazone groups is 1. The van der Waals surface area contributed by atoms with Gasteiger partial charge in [-0.2, -0.15) is 5.10 Å². The summed E-state index contributed by atoms with van der Waals surface area (Å²) < 4.78 is 7.78. The van der Waals surface area contributed by atoms with E-state index in [0.717, 1.165) is 28.2 Å². The van der Waals surface area contributed by atoms with Crippen LogP contribution in [0.3, 0.4) is 0 Å². The van der Waals surface area contributed by atoms with Crippen LogP contribution in [0.5, 0.6) is 0 Å². The second-order valence-electron chi connectivity index (χ2n) is 5.86. The molecular formula is C17H18I3N5O6. The van der Waals surface area contributed by atoms with E-state index in [-0.39, 0.29) is 11.7 Å². The maximum atomic E-state index is 11.1. The van der Waals surface area contributed by atoms with Crippen LogP contribution in [0.15, 0.2) is 27.7 Å². The Morgan fingerprint density at radius 2 is 2.00 bits per heavy atom. The van der Waals surface area contributed by atoms with E-state index in [4.69, 9.17) is 16.6 Å². The van der Waals surface area contributed by atoms with E-state index in [9.17, 15) is 19.7 Å². The smallest absolute Gasteiger partial charge is 0.433 e. The van der Waals surface area contributed by atoms with Crippen molar-refractivity contribution in [1.29, 1.82) is 0 Å². The van der Waals surface area contributed by atoms with Crippen LogP contribution in [0.2, 0.25) is 0 Å². The fourth-order valence-corrected chi connectivity index (χ4v) is 5.97. The van der Waals surface area contributed by atoms with Crippen LogP contribution in [0.4, 0.5) is 16.4 Å². The number of carboxylic acids is 1. The van der Waals surface area contributed by atoms with E-state index in [1.165, 1.54) is 12.1 Å². The third kappa shape index (κ3) is 8.75. The molecule has 1 atom stereocenters. The molecule has 31 heavy (non-hydrogen) atoms. The molecule has 0 saturated heterocycles. The fourth-order valence-electron chi connectivity index (χ4n) is 2.16. The summed E-state index contributed by atoms with van der Waals surface area (Å²) in [4.78, 5) is 30.7. The van der Waals surface area contributed by atoms with Gasteiger partial charge in [-0.1, -0.05) is 6.92 Å². The number of amides is 2. The van der Waals surface area contributed by atoms with Crippen molar-refractivity contribution in [1.82, 2.24) is 5.43 Å². The van der Waals surface area contributed by atoms with Crippen LogP contribution in [-0.2, 0) is 11.2 Å². The van der Waals surface area contributed by atoms with Gasteiger partial charge in [-0.3, -0.25) is 14.9 Å². The Morgan fingerprint density at radius 3 is 2.48 bits per heavy atom. The number of aliphatic carboxylic acids is 1. The van der Waals surface area contributed by atoms with Crippen LogP contribution >= 0.6 is 67.8 Å². The first-order valence-electron chi connectivity index (χ1n) is 8.45. The van der Waals surface area contributed by atoms with Crippen molar-refractivity contribution in [3.63, 3.8) is 0 Å². The van der Waals surface area contributed by atoms with E-state index < -0.39 is 22.8 Å². The van der Waals surface area contributed by atoms with Gasteiger partial charge >= 0.3 is 17.9 Å². The van der Waals surface area contributed by atoms with Crippen molar-refractivity contribution in [2.45, 2.75) is 19.8 Å². The number of primary amides is 1. The zero-order valence-corrected chi connectivity index (χ0v) is 22.4. The molecule has 14 heteroatoms. The zero-order chi connectivity index (χ0) is 23.7. The molecule has 1 aromatic carbocycles. The summed E-state index contributed by atoms with van der Waals surface area (Å²) in [7, 11) is 0. The number of nitro groups is 1. The highest BCUT2D eigenvalue weighted by atomic mass is 127. The number of rotatable bonds is 7.